The Morgan fingerprint density at radius 3 is 2.89 bits per heavy atom. The molecule has 0 saturated carbocycles. The minimum absolute atomic E-state index is 0.237. The zero-order valence-corrected chi connectivity index (χ0v) is 10.9. The SMILES string of the molecule is CCC(NCc1ccc2c(c1)OCO2)c1ccco1. The molecule has 0 aliphatic carbocycles. The molecular formula is C15H17NO3. The lowest BCUT2D eigenvalue weighted by atomic mass is 10.1. The van der Waals surface area contributed by atoms with Crippen molar-refractivity contribution in [1.29, 1.82) is 0 Å². The summed E-state index contributed by atoms with van der Waals surface area (Å²) in [4.78, 5) is 0. The highest BCUT2D eigenvalue weighted by Gasteiger charge is 2.15. The summed E-state index contributed by atoms with van der Waals surface area (Å²) in [7, 11) is 0. The van der Waals surface area contributed by atoms with E-state index in [0.29, 0.717) is 6.79 Å². The molecule has 2 aromatic rings. The Labute approximate surface area is 112 Å². The Hall–Kier alpha value is -1.94. The fraction of sp³-hybridized carbons (Fsp3) is 0.333. The average molecular weight is 259 g/mol. The monoisotopic (exact) mass is 259 g/mol. The molecular weight excluding hydrogens is 242 g/mol. The number of benzene rings is 1. The molecule has 19 heavy (non-hydrogen) atoms. The van der Waals surface area contributed by atoms with Crippen molar-refractivity contribution in [2.24, 2.45) is 0 Å². The summed E-state index contributed by atoms with van der Waals surface area (Å²) in [5, 5.41) is 3.49. The van der Waals surface area contributed by atoms with E-state index < -0.39 is 0 Å². The van der Waals surface area contributed by atoms with E-state index in [1.54, 1.807) is 6.26 Å². The zero-order valence-electron chi connectivity index (χ0n) is 10.9. The second-order valence-electron chi connectivity index (χ2n) is 4.54. The largest absolute Gasteiger partial charge is 0.468 e. The first-order valence-corrected chi connectivity index (χ1v) is 6.52. The van der Waals surface area contributed by atoms with Crippen molar-refractivity contribution < 1.29 is 13.9 Å². The lowest BCUT2D eigenvalue weighted by Crippen LogP contribution is -2.19. The number of hydrogen-bond donors (Lipinski definition) is 1. The van der Waals surface area contributed by atoms with Crippen LogP contribution in [0.4, 0.5) is 0 Å². The Morgan fingerprint density at radius 2 is 2.11 bits per heavy atom. The van der Waals surface area contributed by atoms with E-state index in [1.165, 1.54) is 5.56 Å². The molecule has 1 aromatic carbocycles. The van der Waals surface area contributed by atoms with Gasteiger partial charge in [-0.05, 0) is 36.2 Å². The van der Waals surface area contributed by atoms with Gasteiger partial charge in [0.1, 0.15) is 5.76 Å². The van der Waals surface area contributed by atoms with Gasteiger partial charge in [0, 0.05) is 6.54 Å². The number of nitrogens with one attached hydrogen (secondary N) is 1. The van der Waals surface area contributed by atoms with Gasteiger partial charge in [-0.3, -0.25) is 0 Å². The smallest absolute Gasteiger partial charge is 0.231 e. The van der Waals surface area contributed by atoms with Crippen LogP contribution < -0.4 is 14.8 Å². The lowest BCUT2D eigenvalue weighted by molar-refractivity contribution is 0.174. The van der Waals surface area contributed by atoms with E-state index >= 15 is 0 Å². The maximum Gasteiger partial charge on any atom is 0.231 e. The van der Waals surface area contributed by atoms with Crippen molar-refractivity contribution in [3.63, 3.8) is 0 Å². The van der Waals surface area contributed by atoms with Gasteiger partial charge in [0.05, 0.1) is 12.3 Å². The summed E-state index contributed by atoms with van der Waals surface area (Å²) < 4.78 is 16.1. The van der Waals surface area contributed by atoms with Crippen molar-refractivity contribution >= 4 is 0 Å². The standard InChI is InChI=1S/C15H17NO3/c1-2-12(13-4-3-7-17-13)16-9-11-5-6-14-15(8-11)19-10-18-14/h3-8,12,16H,2,9-10H2,1H3. The highest BCUT2D eigenvalue weighted by Crippen LogP contribution is 2.32. The number of furan rings is 1. The first-order chi connectivity index (χ1) is 9.36. The van der Waals surface area contributed by atoms with E-state index in [1.807, 2.05) is 24.3 Å². The number of fused-ring (bicyclic) bond motifs is 1. The second-order valence-corrected chi connectivity index (χ2v) is 4.54. The fourth-order valence-electron chi connectivity index (χ4n) is 2.23. The van der Waals surface area contributed by atoms with Gasteiger partial charge >= 0.3 is 0 Å². The Balaban J connectivity index is 1.65. The van der Waals surface area contributed by atoms with Gasteiger partial charge in [-0.25, -0.2) is 0 Å². The first kappa shape index (κ1) is 12.1. The number of rotatable bonds is 5. The molecule has 100 valence electrons. The summed E-state index contributed by atoms with van der Waals surface area (Å²) in [6, 6.07) is 10.2. The van der Waals surface area contributed by atoms with Crippen LogP contribution in [-0.2, 0) is 6.54 Å². The minimum Gasteiger partial charge on any atom is -0.468 e. The molecule has 0 saturated heterocycles. The molecule has 1 unspecified atom stereocenters. The summed E-state index contributed by atoms with van der Waals surface area (Å²) in [6.07, 6.45) is 2.69. The van der Waals surface area contributed by atoms with Crippen LogP contribution >= 0.6 is 0 Å². The van der Waals surface area contributed by atoms with Crippen LogP contribution in [0.25, 0.3) is 0 Å². The molecule has 0 bridgehead atoms. The highest BCUT2D eigenvalue weighted by molar-refractivity contribution is 5.44. The van der Waals surface area contributed by atoms with Gasteiger partial charge in [0.25, 0.3) is 0 Å². The molecule has 3 rings (SSSR count). The number of hydrogen-bond acceptors (Lipinski definition) is 4. The van der Waals surface area contributed by atoms with Crippen LogP contribution in [0.3, 0.4) is 0 Å². The van der Waals surface area contributed by atoms with Gasteiger partial charge < -0.3 is 19.2 Å². The normalized spacial score (nSPS) is 14.6. The van der Waals surface area contributed by atoms with E-state index in [-0.39, 0.29) is 6.04 Å². The molecule has 1 aliphatic rings. The van der Waals surface area contributed by atoms with Crippen LogP contribution in [0.15, 0.2) is 41.0 Å². The van der Waals surface area contributed by atoms with Gasteiger partial charge in [-0.1, -0.05) is 13.0 Å². The third-order valence-electron chi connectivity index (χ3n) is 3.28. The first-order valence-electron chi connectivity index (χ1n) is 6.52. The van der Waals surface area contributed by atoms with Crippen molar-refractivity contribution in [2.75, 3.05) is 6.79 Å². The lowest BCUT2D eigenvalue weighted by Gasteiger charge is -2.14. The van der Waals surface area contributed by atoms with Crippen molar-refractivity contribution in [2.45, 2.75) is 25.9 Å². The predicted octanol–water partition coefficient (Wildman–Crippen LogP) is 3.25. The number of ether oxygens (including phenoxy) is 2. The van der Waals surface area contributed by atoms with Crippen LogP contribution in [-0.4, -0.2) is 6.79 Å². The van der Waals surface area contributed by atoms with E-state index in [0.717, 1.165) is 30.2 Å². The Morgan fingerprint density at radius 1 is 1.21 bits per heavy atom. The van der Waals surface area contributed by atoms with Gasteiger partial charge in [0.2, 0.25) is 6.79 Å². The maximum atomic E-state index is 5.44. The summed E-state index contributed by atoms with van der Waals surface area (Å²) in [6.45, 7) is 3.23. The molecule has 1 aromatic heterocycles. The molecule has 0 radical (unpaired) electrons. The molecule has 0 fully saturated rings. The van der Waals surface area contributed by atoms with Crippen LogP contribution in [0.1, 0.15) is 30.7 Å². The van der Waals surface area contributed by atoms with E-state index in [2.05, 4.69) is 18.3 Å². The Bertz CT molecular complexity index is 536. The molecule has 2 heterocycles. The van der Waals surface area contributed by atoms with Crippen molar-refractivity contribution in [3.8, 4) is 11.5 Å². The average Bonchev–Trinajstić information content (AvgIpc) is 3.10. The van der Waals surface area contributed by atoms with Crippen molar-refractivity contribution in [1.82, 2.24) is 5.32 Å². The van der Waals surface area contributed by atoms with Crippen molar-refractivity contribution in [3.05, 3.63) is 47.9 Å². The molecule has 0 spiro atoms. The molecule has 1 aliphatic heterocycles. The quantitative estimate of drug-likeness (QED) is 0.895. The van der Waals surface area contributed by atoms with E-state index in [4.69, 9.17) is 13.9 Å². The maximum absolute atomic E-state index is 5.44. The predicted molar refractivity (Wildman–Crippen MR) is 71.1 cm³/mol. The van der Waals surface area contributed by atoms with Gasteiger partial charge in [0.15, 0.2) is 11.5 Å². The molecule has 0 amide bonds. The summed E-state index contributed by atoms with van der Waals surface area (Å²) in [5.41, 5.74) is 1.18. The molecule has 1 atom stereocenters. The third-order valence-corrected chi connectivity index (χ3v) is 3.28. The van der Waals surface area contributed by atoms with Crippen LogP contribution in [0.2, 0.25) is 0 Å². The Kier molecular flexibility index (Phi) is 3.42. The molecule has 4 heteroatoms. The summed E-state index contributed by atoms with van der Waals surface area (Å²) >= 11 is 0. The zero-order chi connectivity index (χ0) is 13.1. The minimum atomic E-state index is 0.237. The second kappa shape index (κ2) is 5.36. The molecule has 4 nitrogen and oxygen atoms in total. The van der Waals surface area contributed by atoms with E-state index in [9.17, 15) is 0 Å². The highest BCUT2D eigenvalue weighted by atomic mass is 16.7. The fourth-order valence-corrected chi connectivity index (χ4v) is 2.23. The topological polar surface area (TPSA) is 43.6 Å². The third kappa shape index (κ3) is 2.58. The van der Waals surface area contributed by atoms with Gasteiger partial charge in [-0.2, -0.15) is 0 Å². The summed E-state index contributed by atoms with van der Waals surface area (Å²) in [5.74, 6) is 2.62. The van der Waals surface area contributed by atoms with Crippen LogP contribution in [0, 0.1) is 0 Å². The van der Waals surface area contributed by atoms with Crippen LogP contribution in [0.5, 0.6) is 11.5 Å². The van der Waals surface area contributed by atoms with Gasteiger partial charge in [-0.15, -0.1) is 0 Å². The molecule has 1 N–H and O–H groups in total.